The predicted molar refractivity (Wildman–Crippen MR) is 121 cm³/mol. The number of benzene rings is 1. The molecular weight excluding hydrogens is 406 g/mol. The number of carbonyl (C=O) groups excluding carboxylic acids is 1. The van der Waals surface area contributed by atoms with Crippen LogP contribution in [-0.4, -0.2) is 38.9 Å². The SMILES string of the molecule is COc1cc([C@H]2OCCC34C[C@@H](C[C@H]23)C(C)(C)[C@@H]4NC(=O)CC(C)C)cc2c1OCCO2. The molecule has 2 bridgehead atoms. The van der Waals surface area contributed by atoms with Gasteiger partial charge in [-0.3, -0.25) is 4.79 Å². The van der Waals surface area contributed by atoms with Crippen molar-refractivity contribution in [2.75, 3.05) is 26.9 Å². The molecule has 5 rings (SSSR count). The number of fused-ring (bicyclic) bond motifs is 2. The topological polar surface area (TPSA) is 66.0 Å². The van der Waals surface area contributed by atoms with Crippen LogP contribution < -0.4 is 19.5 Å². The summed E-state index contributed by atoms with van der Waals surface area (Å²) in [7, 11) is 1.67. The Kier molecular flexibility index (Phi) is 5.35. The molecule has 2 aliphatic carbocycles. The van der Waals surface area contributed by atoms with E-state index in [-0.39, 0.29) is 28.9 Å². The van der Waals surface area contributed by atoms with Gasteiger partial charge in [-0.25, -0.2) is 0 Å². The summed E-state index contributed by atoms with van der Waals surface area (Å²) in [5.74, 6) is 3.61. The predicted octanol–water partition coefficient (Wildman–Crippen LogP) is 4.51. The molecule has 1 saturated heterocycles. The highest BCUT2D eigenvalue weighted by Gasteiger charge is 2.68. The van der Waals surface area contributed by atoms with Gasteiger partial charge in [-0.1, -0.05) is 27.7 Å². The van der Waals surface area contributed by atoms with Gasteiger partial charge in [-0.05, 0) is 65.5 Å². The Morgan fingerprint density at radius 2 is 2.00 bits per heavy atom. The first kappa shape index (κ1) is 21.9. The van der Waals surface area contributed by atoms with Gasteiger partial charge < -0.3 is 24.3 Å². The zero-order valence-corrected chi connectivity index (χ0v) is 20.0. The molecule has 6 nitrogen and oxygen atoms in total. The van der Waals surface area contributed by atoms with E-state index in [1.165, 1.54) is 6.42 Å². The van der Waals surface area contributed by atoms with Crippen LogP contribution in [0, 0.1) is 28.6 Å². The number of amides is 1. The second-order valence-corrected chi connectivity index (χ2v) is 11.2. The van der Waals surface area contributed by atoms with Crippen LogP contribution in [-0.2, 0) is 9.53 Å². The maximum absolute atomic E-state index is 12.9. The number of ether oxygens (including phenoxy) is 4. The van der Waals surface area contributed by atoms with Crippen LogP contribution in [0.4, 0.5) is 0 Å². The Morgan fingerprint density at radius 3 is 2.75 bits per heavy atom. The van der Waals surface area contributed by atoms with Gasteiger partial charge in [0.25, 0.3) is 0 Å². The summed E-state index contributed by atoms with van der Waals surface area (Å²) in [5.41, 5.74) is 1.26. The molecule has 2 saturated carbocycles. The molecule has 1 spiro atoms. The van der Waals surface area contributed by atoms with Crippen molar-refractivity contribution in [1.82, 2.24) is 5.32 Å². The minimum absolute atomic E-state index is 0.0286. The summed E-state index contributed by atoms with van der Waals surface area (Å²) in [6.07, 6.45) is 3.85. The number of rotatable bonds is 5. The van der Waals surface area contributed by atoms with Crippen LogP contribution >= 0.6 is 0 Å². The third kappa shape index (κ3) is 3.28. The summed E-state index contributed by atoms with van der Waals surface area (Å²) in [6.45, 7) is 10.7. The molecule has 5 atom stereocenters. The van der Waals surface area contributed by atoms with Gasteiger partial charge in [0.15, 0.2) is 11.5 Å². The van der Waals surface area contributed by atoms with E-state index in [0.717, 1.165) is 24.2 Å². The number of hydrogen-bond donors (Lipinski definition) is 1. The lowest BCUT2D eigenvalue weighted by Gasteiger charge is -2.53. The van der Waals surface area contributed by atoms with Crippen LogP contribution in [0.1, 0.15) is 65.0 Å². The van der Waals surface area contributed by atoms with E-state index in [0.29, 0.717) is 55.5 Å². The number of hydrogen-bond acceptors (Lipinski definition) is 5. The van der Waals surface area contributed by atoms with Crippen molar-refractivity contribution >= 4 is 5.91 Å². The minimum Gasteiger partial charge on any atom is -0.493 e. The number of nitrogens with one attached hydrogen (secondary N) is 1. The summed E-state index contributed by atoms with van der Waals surface area (Å²) >= 11 is 0. The molecule has 32 heavy (non-hydrogen) atoms. The Bertz CT molecular complexity index is 879. The van der Waals surface area contributed by atoms with Crippen LogP contribution in [0.25, 0.3) is 0 Å². The number of methoxy groups -OCH3 is 1. The average Bonchev–Trinajstić information content (AvgIpc) is 3.24. The average molecular weight is 444 g/mol. The van der Waals surface area contributed by atoms with Crippen LogP contribution in [0.5, 0.6) is 17.2 Å². The molecule has 1 aromatic carbocycles. The highest BCUT2D eigenvalue weighted by atomic mass is 16.6. The molecule has 4 aliphatic rings. The molecular formula is C26H37NO5. The van der Waals surface area contributed by atoms with Crippen molar-refractivity contribution in [1.29, 1.82) is 0 Å². The first-order chi connectivity index (χ1) is 15.3. The zero-order chi connectivity index (χ0) is 22.7. The van der Waals surface area contributed by atoms with Crippen LogP contribution in [0.2, 0.25) is 0 Å². The van der Waals surface area contributed by atoms with E-state index in [1.54, 1.807) is 7.11 Å². The maximum Gasteiger partial charge on any atom is 0.220 e. The second-order valence-electron chi connectivity index (χ2n) is 11.2. The third-order valence-electron chi connectivity index (χ3n) is 8.58. The van der Waals surface area contributed by atoms with Crippen molar-refractivity contribution in [2.45, 2.75) is 65.5 Å². The van der Waals surface area contributed by atoms with Crippen molar-refractivity contribution in [3.8, 4) is 17.2 Å². The van der Waals surface area contributed by atoms with E-state index in [9.17, 15) is 4.79 Å². The molecule has 176 valence electrons. The van der Waals surface area contributed by atoms with Gasteiger partial charge in [-0.2, -0.15) is 0 Å². The standard InChI is InChI=1S/C26H37NO5/c1-15(2)10-21(28)27-24-25(3,4)17-13-18-22(31-7-6-26(18,24)14-17)16-11-19(29-5)23-20(12-16)30-8-9-32-23/h11-12,15,17-18,22,24H,6-10,13-14H2,1-5H3,(H,27,28)/t17-,18-,22-,24+,26?/m1/s1. The van der Waals surface area contributed by atoms with E-state index < -0.39 is 0 Å². The Balaban J connectivity index is 1.48. The molecule has 1 amide bonds. The van der Waals surface area contributed by atoms with Crippen LogP contribution in [0.3, 0.4) is 0 Å². The normalized spacial score (nSPS) is 34.3. The molecule has 2 aliphatic heterocycles. The molecule has 2 heterocycles. The molecule has 1 aromatic rings. The number of carbonyl (C=O) groups is 1. The summed E-state index contributed by atoms with van der Waals surface area (Å²) in [4.78, 5) is 12.9. The lowest BCUT2D eigenvalue weighted by atomic mass is 9.58. The first-order valence-electron chi connectivity index (χ1n) is 12.1. The highest BCUT2D eigenvalue weighted by molar-refractivity contribution is 5.76. The fourth-order valence-corrected chi connectivity index (χ4v) is 7.17. The monoisotopic (exact) mass is 443 g/mol. The third-order valence-corrected chi connectivity index (χ3v) is 8.58. The largest absolute Gasteiger partial charge is 0.493 e. The van der Waals surface area contributed by atoms with Gasteiger partial charge in [0.2, 0.25) is 11.7 Å². The van der Waals surface area contributed by atoms with Gasteiger partial charge >= 0.3 is 0 Å². The van der Waals surface area contributed by atoms with Crippen molar-refractivity contribution in [2.24, 2.45) is 28.6 Å². The van der Waals surface area contributed by atoms with E-state index in [2.05, 4.69) is 45.1 Å². The van der Waals surface area contributed by atoms with Crippen molar-refractivity contribution in [3.05, 3.63) is 17.7 Å². The molecule has 6 heteroatoms. The van der Waals surface area contributed by atoms with E-state index >= 15 is 0 Å². The molecule has 1 unspecified atom stereocenters. The van der Waals surface area contributed by atoms with Gasteiger partial charge in [0.05, 0.1) is 13.2 Å². The Hall–Kier alpha value is -1.95. The maximum atomic E-state index is 12.9. The first-order valence-corrected chi connectivity index (χ1v) is 12.1. The lowest BCUT2D eigenvalue weighted by molar-refractivity contribution is -0.137. The molecule has 3 fully saturated rings. The molecule has 0 radical (unpaired) electrons. The van der Waals surface area contributed by atoms with Gasteiger partial charge in [-0.15, -0.1) is 0 Å². The molecule has 1 N–H and O–H groups in total. The smallest absolute Gasteiger partial charge is 0.220 e. The van der Waals surface area contributed by atoms with Crippen molar-refractivity contribution in [3.63, 3.8) is 0 Å². The second kappa shape index (κ2) is 7.82. The summed E-state index contributed by atoms with van der Waals surface area (Å²) < 4.78 is 23.8. The lowest BCUT2D eigenvalue weighted by Crippen LogP contribution is -2.59. The quantitative estimate of drug-likeness (QED) is 0.725. The minimum atomic E-state index is -0.0286. The fraction of sp³-hybridized carbons (Fsp3) is 0.731. The van der Waals surface area contributed by atoms with Gasteiger partial charge in [0, 0.05) is 19.1 Å². The summed E-state index contributed by atoms with van der Waals surface area (Å²) in [5, 5.41) is 3.50. The highest BCUT2D eigenvalue weighted by Crippen LogP contribution is 2.70. The van der Waals surface area contributed by atoms with E-state index in [4.69, 9.17) is 18.9 Å². The Morgan fingerprint density at radius 1 is 1.22 bits per heavy atom. The van der Waals surface area contributed by atoms with Gasteiger partial charge in [0.1, 0.15) is 13.2 Å². The summed E-state index contributed by atoms with van der Waals surface area (Å²) in [6, 6.07) is 4.31. The fourth-order valence-electron chi connectivity index (χ4n) is 7.17. The zero-order valence-electron chi connectivity index (χ0n) is 20.0. The molecule has 0 aromatic heterocycles. The van der Waals surface area contributed by atoms with E-state index in [1.807, 2.05) is 0 Å². The van der Waals surface area contributed by atoms with Crippen molar-refractivity contribution < 1.29 is 23.7 Å². The Labute approximate surface area is 191 Å². The van der Waals surface area contributed by atoms with Crippen LogP contribution in [0.15, 0.2) is 12.1 Å².